The van der Waals surface area contributed by atoms with Crippen LogP contribution in [0.15, 0.2) is 42.5 Å². The third-order valence-electron chi connectivity index (χ3n) is 5.90. The lowest BCUT2D eigenvalue weighted by Crippen LogP contribution is -2.44. The first kappa shape index (κ1) is 18.4. The summed E-state index contributed by atoms with van der Waals surface area (Å²) < 4.78 is 11.6. The minimum atomic E-state index is -0.321. The van der Waals surface area contributed by atoms with Crippen LogP contribution in [0.2, 0.25) is 0 Å². The third-order valence-corrected chi connectivity index (χ3v) is 5.90. The summed E-state index contributed by atoms with van der Waals surface area (Å²) in [4.78, 5) is 15.3. The second kappa shape index (κ2) is 7.55. The highest BCUT2D eigenvalue weighted by molar-refractivity contribution is 6.10. The molecule has 2 aliphatic rings. The molecule has 27 heavy (non-hydrogen) atoms. The van der Waals surface area contributed by atoms with E-state index in [1.807, 2.05) is 44.2 Å². The number of rotatable bonds is 4. The van der Waals surface area contributed by atoms with Gasteiger partial charge in [0.15, 0.2) is 11.6 Å². The fourth-order valence-electron chi connectivity index (χ4n) is 4.01. The number of ether oxygens (including phenoxy) is 2. The van der Waals surface area contributed by atoms with E-state index in [0.29, 0.717) is 0 Å². The number of hydrogen-bond donors (Lipinski definition) is 0. The van der Waals surface area contributed by atoms with E-state index in [1.54, 1.807) is 0 Å². The van der Waals surface area contributed by atoms with Crippen molar-refractivity contribution in [2.75, 3.05) is 26.3 Å². The van der Waals surface area contributed by atoms with Gasteiger partial charge in [-0.2, -0.15) is 0 Å². The Morgan fingerprint density at radius 1 is 1.00 bits per heavy atom. The normalized spacial score (nSPS) is 19.5. The molecular weight excluding hydrogens is 338 g/mol. The van der Waals surface area contributed by atoms with Gasteiger partial charge in [-0.15, -0.1) is 0 Å². The Labute approximate surface area is 161 Å². The van der Waals surface area contributed by atoms with E-state index in [0.717, 1.165) is 67.9 Å². The van der Waals surface area contributed by atoms with Crippen molar-refractivity contribution in [2.45, 2.75) is 39.0 Å². The molecule has 0 N–H and O–H groups in total. The average Bonchev–Trinajstić information content (AvgIpc) is 3.14. The van der Waals surface area contributed by atoms with Crippen LogP contribution in [-0.2, 0) is 16.0 Å². The van der Waals surface area contributed by atoms with Crippen molar-refractivity contribution >= 4 is 5.78 Å². The van der Waals surface area contributed by atoms with Gasteiger partial charge in [0.05, 0.1) is 13.2 Å². The van der Waals surface area contributed by atoms with Crippen LogP contribution in [0.25, 0.3) is 0 Å². The topological polar surface area (TPSA) is 38.8 Å². The van der Waals surface area contributed by atoms with Gasteiger partial charge in [-0.25, -0.2) is 0 Å². The largest absolute Gasteiger partial charge is 0.347 e. The van der Waals surface area contributed by atoms with E-state index < -0.39 is 0 Å². The second-order valence-corrected chi connectivity index (χ2v) is 7.66. The molecule has 0 bridgehead atoms. The molecule has 2 aromatic carbocycles. The lowest BCUT2D eigenvalue weighted by Gasteiger charge is -2.37. The Morgan fingerprint density at radius 2 is 1.67 bits per heavy atom. The van der Waals surface area contributed by atoms with Crippen molar-refractivity contribution in [3.05, 3.63) is 70.3 Å². The van der Waals surface area contributed by atoms with Crippen LogP contribution >= 0.6 is 0 Å². The predicted octanol–water partition coefficient (Wildman–Crippen LogP) is 3.87. The number of hydrogen-bond acceptors (Lipinski definition) is 4. The number of piperidine rings is 1. The van der Waals surface area contributed by atoms with Gasteiger partial charge in [0.25, 0.3) is 0 Å². The molecule has 2 heterocycles. The van der Waals surface area contributed by atoms with E-state index in [4.69, 9.17) is 9.47 Å². The number of carbonyl (C=O) groups is 1. The summed E-state index contributed by atoms with van der Waals surface area (Å²) in [6.07, 6.45) is 1.85. The Hall–Kier alpha value is -2.01. The third kappa shape index (κ3) is 3.84. The molecule has 4 heteroatoms. The molecule has 2 saturated heterocycles. The maximum Gasteiger partial charge on any atom is 0.193 e. The zero-order valence-electron chi connectivity index (χ0n) is 16.2. The fraction of sp³-hybridized carbons (Fsp3) is 0.435. The maximum absolute atomic E-state index is 12.8. The van der Waals surface area contributed by atoms with Gasteiger partial charge >= 0.3 is 0 Å². The van der Waals surface area contributed by atoms with Crippen LogP contribution in [-0.4, -0.2) is 42.8 Å². The molecule has 1 spiro atoms. The average molecular weight is 365 g/mol. The summed E-state index contributed by atoms with van der Waals surface area (Å²) in [6, 6.07) is 14.0. The quantitative estimate of drug-likeness (QED) is 0.771. The van der Waals surface area contributed by atoms with E-state index in [1.165, 1.54) is 5.56 Å². The lowest BCUT2D eigenvalue weighted by atomic mass is 9.95. The highest BCUT2D eigenvalue weighted by atomic mass is 16.7. The van der Waals surface area contributed by atoms with Crippen molar-refractivity contribution in [1.82, 2.24) is 4.90 Å². The van der Waals surface area contributed by atoms with Crippen LogP contribution in [0.3, 0.4) is 0 Å². The molecule has 0 aromatic heterocycles. The number of aryl methyl sites for hydroxylation is 1. The van der Waals surface area contributed by atoms with Gasteiger partial charge in [-0.05, 0) is 30.5 Å². The predicted molar refractivity (Wildman–Crippen MR) is 105 cm³/mol. The molecule has 2 fully saturated rings. The summed E-state index contributed by atoms with van der Waals surface area (Å²) in [6.45, 7) is 8.34. The Bertz CT molecular complexity index is 812. The van der Waals surface area contributed by atoms with E-state index in [-0.39, 0.29) is 11.6 Å². The molecule has 0 radical (unpaired) electrons. The van der Waals surface area contributed by atoms with Crippen molar-refractivity contribution in [2.24, 2.45) is 0 Å². The van der Waals surface area contributed by atoms with Crippen LogP contribution in [0.5, 0.6) is 0 Å². The highest BCUT2D eigenvalue weighted by Crippen LogP contribution is 2.31. The molecule has 142 valence electrons. The molecule has 0 amide bonds. The van der Waals surface area contributed by atoms with Gasteiger partial charge in [-0.3, -0.25) is 9.69 Å². The van der Waals surface area contributed by atoms with Crippen molar-refractivity contribution in [1.29, 1.82) is 0 Å². The van der Waals surface area contributed by atoms with Crippen molar-refractivity contribution in [3.8, 4) is 0 Å². The highest BCUT2D eigenvalue weighted by Gasteiger charge is 2.39. The molecular formula is C23H27NO3. The van der Waals surface area contributed by atoms with Gasteiger partial charge in [0.1, 0.15) is 0 Å². The minimum Gasteiger partial charge on any atom is -0.347 e. The first-order chi connectivity index (χ1) is 13.1. The molecule has 2 aliphatic heterocycles. The maximum atomic E-state index is 12.8. The molecule has 0 atom stereocenters. The van der Waals surface area contributed by atoms with Gasteiger partial charge in [-0.1, -0.05) is 42.5 Å². The Balaban J connectivity index is 1.39. The van der Waals surface area contributed by atoms with Crippen molar-refractivity contribution < 1.29 is 14.3 Å². The zero-order valence-corrected chi connectivity index (χ0v) is 16.2. The standard InChI is InChI=1S/C23H27NO3/c1-17-4-3-5-21(18(17)2)22(25)20-8-6-19(7-9-20)16-24-12-10-23(11-13-24)26-14-15-27-23/h3-9H,10-16H2,1-2H3. The summed E-state index contributed by atoms with van der Waals surface area (Å²) >= 11 is 0. The minimum absolute atomic E-state index is 0.0956. The van der Waals surface area contributed by atoms with Crippen LogP contribution in [0.4, 0.5) is 0 Å². The molecule has 0 saturated carbocycles. The smallest absolute Gasteiger partial charge is 0.193 e. The van der Waals surface area contributed by atoms with Crippen LogP contribution in [0.1, 0.15) is 45.5 Å². The number of ketones is 1. The van der Waals surface area contributed by atoms with E-state index >= 15 is 0 Å². The number of benzene rings is 2. The van der Waals surface area contributed by atoms with Crippen LogP contribution < -0.4 is 0 Å². The van der Waals surface area contributed by atoms with E-state index in [9.17, 15) is 4.79 Å². The molecule has 0 unspecified atom stereocenters. The first-order valence-electron chi connectivity index (χ1n) is 9.76. The van der Waals surface area contributed by atoms with Gasteiger partial charge in [0, 0.05) is 43.6 Å². The summed E-state index contributed by atoms with van der Waals surface area (Å²) in [5, 5.41) is 0. The van der Waals surface area contributed by atoms with Gasteiger partial charge < -0.3 is 9.47 Å². The monoisotopic (exact) mass is 365 g/mol. The summed E-state index contributed by atoms with van der Waals surface area (Å²) in [5.74, 6) is -0.225. The van der Waals surface area contributed by atoms with Crippen LogP contribution in [0, 0.1) is 13.8 Å². The van der Waals surface area contributed by atoms with Crippen molar-refractivity contribution in [3.63, 3.8) is 0 Å². The molecule has 0 aliphatic carbocycles. The zero-order chi connectivity index (χ0) is 18.9. The first-order valence-corrected chi connectivity index (χ1v) is 9.76. The van der Waals surface area contributed by atoms with Gasteiger partial charge in [0.2, 0.25) is 0 Å². The lowest BCUT2D eigenvalue weighted by molar-refractivity contribution is -0.185. The summed E-state index contributed by atoms with van der Waals surface area (Å²) in [5.41, 5.74) is 4.98. The number of carbonyl (C=O) groups excluding carboxylic acids is 1. The molecule has 4 nitrogen and oxygen atoms in total. The fourth-order valence-corrected chi connectivity index (χ4v) is 4.01. The second-order valence-electron chi connectivity index (χ2n) is 7.66. The molecule has 2 aromatic rings. The Morgan fingerprint density at radius 3 is 2.33 bits per heavy atom. The summed E-state index contributed by atoms with van der Waals surface area (Å²) in [7, 11) is 0. The number of likely N-dealkylation sites (tertiary alicyclic amines) is 1. The molecule has 4 rings (SSSR count). The van der Waals surface area contributed by atoms with E-state index in [2.05, 4.69) is 17.0 Å². The number of nitrogens with zero attached hydrogens (tertiary/aromatic N) is 1. The SMILES string of the molecule is Cc1cccc(C(=O)c2ccc(CN3CCC4(CC3)OCCO4)cc2)c1C. The Kier molecular flexibility index (Phi) is 5.13.